The molecule has 0 fully saturated rings. The molecule has 6 heteroatoms. The normalized spacial score (nSPS) is 11.1. The molecule has 0 aliphatic carbocycles. The lowest BCUT2D eigenvalue weighted by Gasteiger charge is -2.18. The first kappa shape index (κ1) is 37.2. The average Bonchev–Trinajstić information content (AvgIpc) is 3.27. The fourth-order valence-electron chi connectivity index (χ4n) is 7.65. The van der Waals surface area contributed by atoms with E-state index in [-0.39, 0.29) is 11.3 Å². The summed E-state index contributed by atoms with van der Waals surface area (Å²) >= 11 is 0. The van der Waals surface area contributed by atoms with Crippen LogP contribution in [0, 0.1) is 30.2 Å². The number of benzene rings is 7. The molecule has 0 spiro atoms. The van der Waals surface area contributed by atoms with E-state index in [1.165, 1.54) is 18.3 Å². The minimum absolute atomic E-state index is 0.128. The molecule has 9 rings (SSSR count). The van der Waals surface area contributed by atoms with Crippen LogP contribution in [-0.4, -0.2) is 9.97 Å². The number of pyridine rings is 2. The van der Waals surface area contributed by atoms with Crippen molar-refractivity contribution < 1.29 is 17.6 Å². The summed E-state index contributed by atoms with van der Waals surface area (Å²) in [5, 5.41) is 0. The Balaban J connectivity index is 1.15. The molecule has 7 aromatic carbocycles. The predicted molar refractivity (Wildman–Crippen MR) is 230 cm³/mol. The maximum atomic E-state index is 15.1. The van der Waals surface area contributed by atoms with Crippen LogP contribution in [0.3, 0.4) is 0 Å². The van der Waals surface area contributed by atoms with Gasteiger partial charge in [0.2, 0.25) is 0 Å². The lowest BCUT2D eigenvalue weighted by molar-refractivity contribution is 0.509. The molecule has 0 amide bonds. The molecule has 2 aromatic heterocycles. The van der Waals surface area contributed by atoms with E-state index in [2.05, 4.69) is 77.8 Å². The molecule has 2 nitrogen and oxygen atoms in total. The Bertz CT molecular complexity index is 2960. The van der Waals surface area contributed by atoms with E-state index >= 15 is 4.39 Å². The maximum absolute atomic E-state index is 15.1. The molecule has 0 bridgehead atoms. The largest absolute Gasteiger partial charge is 0.256 e. The predicted octanol–water partition coefficient (Wildman–Crippen LogP) is 14.7. The quantitative estimate of drug-likeness (QED) is 0.144. The van der Waals surface area contributed by atoms with E-state index in [9.17, 15) is 13.2 Å². The molecule has 284 valence electrons. The zero-order valence-corrected chi connectivity index (χ0v) is 31.8. The number of aromatic nitrogens is 2. The third-order valence-electron chi connectivity index (χ3n) is 10.5. The van der Waals surface area contributed by atoms with Crippen molar-refractivity contribution >= 4 is 0 Å². The van der Waals surface area contributed by atoms with Gasteiger partial charge in [0.15, 0.2) is 11.6 Å². The van der Waals surface area contributed by atoms with Crippen molar-refractivity contribution in [2.75, 3.05) is 0 Å². The monoisotopic (exact) mass is 774 g/mol. The first-order valence-corrected chi connectivity index (χ1v) is 19.1. The Morgan fingerprint density at radius 2 is 0.847 bits per heavy atom. The van der Waals surface area contributed by atoms with Gasteiger partial charge in [0, 0.05) is 40.7 Å². The minimum atomic E-state index is -1.01. The van der Waals surface area contributed by atoms with Gasteiger partial charge in [0.1, 0.15) is 11.6 Å². The van der Waals surface area contributed by atoms with Crippen LogP contribution in [0.2, 0.25) is 0 Å². The van der Waals surface area contributed by atoms with Crippen LogP contribution >= 0.6 is 0 Å². The highest BCUT2D eigenvalue weighted by molar-refractivity contribution is 5.94. The molecule has 2 heterocycles. The number of hydrogen-bond donors (Lipinski definition) is 0. The molecule has 59 heavy (non-hydrogen) atoms. The van der Waals surface area contributed by atoms with E-state index in [1.807, 2.05) is 73.8 Å². The topological polar surface area (TPSA) is 25.8 Å². The van der Waals surface area contributed by atoms with Crippen molar-refractivity contribution in [3.8, 4) is 89.3 Å². The van der Waals surface area contributed by atoms with Crippen LogP contribution in [0.4, 0.5) is 17.6 Å². The summed E-state index contributed by atoms with van der Waals surface area (Å²) in [5.41, 5.74) is 13.2. The van der Waals surface area contributed by atoms with Gasteiger partial charge in [0.25, 0.3) is 0 Å². The smallest absolute Gasteiger partial charge is 0.159 e. The molecule has 0 aliphatic rings. The molecule has 0 unspecified atom stereocenters. The lowest BCUT2D eigenvalue weighted by Crippen LogP contribution is -1.95. The Labute approximate surface area is 339 Å². The lowest BCUT2D eigenvalue weighted by atomic mass is 9.87. The number of halogens is 4. The second-order valence-electron chi connectivity index (χ2n) is 14.4. The molecule has 9 aromatic rings. The summed E-state index contributed by atoms with van der Waals surface area (Å²) in [4.78, 5) is 9.40. The Hall–Kier alpha value is -7.44. The Morgan fingerprint density at radius 1 is 0.305 bits per heavy atom. The molecule has 0 radical (unpaired) electrons. The van der Waals surface area contributed by atoms with E-state index in [4.69, 9.17) is 4.98 Å². The first-order chi connectivity index (χ1) is 28.8. The molecular weight excluding hydrogens is 741 g/mol. The summed E-state index contributed by atoms with van der Waals surface area (Å²) in [6.45, 7) is 1.97. The third kappa shape index (κ3) is 7.56. The van der Waals surface area contributed by atoms with Crippen LogP contribution < -0.4 is 0 Å². The van der Waals surface area contributed by atoms with Crippen molar-refractivity contribution in [3.63, 3.8) is 0 Å². The van der Waals surface area contributed by atoms with E-state index in [0.29, 0.717) is 22.3 Å². The van der Waals surface area contributed by atoms with Crippen molar-refractivity contribution in [2.24, 2.45) is 0 Å². The van der Waals surface area contributed by atoms with Gasteiger partial charge in [-0.1, -0.05) is 127 Å². The molecule has 0 aliphatic heterocycles. The first-order valence-electron chi connectivity index (χ1n) is 19.1. The molecular formula is C53H34F4N2. The van der Waals surface area contributed by atoms with Gasteiger partial charge in [0.05, 0.1) is 11.4 Å². The number of nitrogens with zero attached hydrogens (tertiary/aromatic N) is 2. The summed E-state index contributed by atoms with van der Waals surface area (Å²) in [5.74, 6) is -3.44. The van der Waals surface area contributed by atoms with Gasteiger partial charge in [-0.25, -0.2) is 17.6 Å². The van der Waals surface area contributed by atoms with Gasteiger partial charge in [-0.05, 0) is 111 Å². The van der Waals surface area contributed by atoms with Crippen molar-refractivity contribution in [3.05, 3.63) is 217 Å². The van der Waals surface area contributed by atoms with Gasteiger partial charge in [-0.15, -0.1) is 0 Å². The van der Waals surface area contributed by atoms with Gasteiger partial charge < -0.3 is 0 Å². The van der Waals surface area contributed by atoms with Crippen LogP contribution in [0.5, 0.6) is 0 Å². The Morgan fingerprint density at radius 3 is 1.51 bits per heavy atom. The van der Waals surface area contributed by atoms with Crippen molar-refractivity contribution in [1.82, 2.24) is 9.97 Å². The second kappa shape index (κ2) is 15.8. The van der Waals surface area contributed by atoms with E-state index < -0.39 is 23.3 Å². The fraction of sp³-hybridized carbons (Fsp3) is 0.0189. The fourth-order valence-corrected chi connectivity index (χ4v) is 7.65. The summed E-state index contributed by atoms with van der Waals surface area (Å²) in [6, 6.07) is 54.1. The number of aryl methyl sites for hydroxylation is 1. The van der Waals surface area contributed by atoms with Gasteiger partial charge in [-0.2, -0.15) is 0 Å². The van der Waals surface area contributed by atoms with Gasteiger partial charge in [-0.3, -0.25) is 9.97 Å². The van der Waals surface area contributed by atoms with Crippen molar-refractivity contribution in [2.45, 2.75) is 6.92 Å². The highest BCUT2D eigenvalue weighted by Crippen LogP contribution is 2.42. The zero-order valence-electron chi connectivity index (χ0n) is 31.8. The van der Waals surface area contributed by atoms with Crippen LogP contribution in [-0.2, 0) is 0 Å². The van der Waals surface area contributed by atoms with Gasteiger partial charge >= 0.3 is 0 Å². The zero-order chi connectivity index (χ0) is 40.5. The summed E-state index contributed by atoms with van der Waals surface area (Å²) < 4.78 is 58.3. The minimum Gasteiger partial charge on any atom is -0.256 e. The molecule has 0 atom stereocenters. The Kier molecular flexibility index (Phi) is 9.97. The molecule has 0 N–H and O–H groups in total. The van der Waals surface area contributed by atoms with Crippen LogP contribution in [0.1, 0.15) is 5.56 Å². The average molecular weight is 775 g/mol. The van der Waals surface area contributed by atoms with E-state index in [1.54, 1.807) is 12.1 Å². The van der Waals surface area contributed by atoms with E-state index in [0.717, 1.165) is 79.5 Å². The highest BCUT2D eigenvalue weighted by atomic mass is 19.2. The molecule has 0 saturated heterocycles. The standard InChI is InChI=1S/C53H34F4N2/c1-33-24-39(26-40(25-33)46-29-51(57)50(56)28-45(46)38-20-23-52(58-31-38)44-22-21-41(54)27-49(44)55)42-14-8-9-15-43(42)48-32-59-53(37-12-6-3-7-13-37)30-47(48)36-18-16-35(17-19-36)34-10-4-2-5-11-34/h2-32H,1H3. The third-order valence-corrected chi connectivity index (χ3v) is 10.5. The number of hydrogen-bond acceptors (Lipinski definition) is 2. The van der Waals surface area contributed by atoms with Crippen LogP contribution in [0.25, 0.3) is 89.3 Å². The highest BCUT2D eigenvalue weighted by Gasteiger charge is 2.19. The molecule has 0 saturated carbocycles. The van der Waals surface area contributed by atoms with Crippen LogP contribution in [0.15, 0.2) is 188 Å². The second-order valence-corrected chi connectivity index (χ2v) is 14.4. The SMILES string of the molecule is Cc1cc(-c2cc(F)c(F)cc2-c2ccc(-c3ccc(F)cc3F)nc2)cc(-c2ccccc2-c2cnc(-c3ccccc3)cc2-c2ccc(-c3ccccc3)cc2)c1. The summed E-state index contributed by atoms with van der Waals surface area (Å²) in [6.07, 6.45) is 3.42. The number of rotatable bonds is 8. The maximum Gasteiger partial charge on any atom is 0.159 e. The van der Waals surface area contributed by atoms with Crippen molar-refractivity contribution in [1.29, 1.82) is 0 Å². The summed E-state index contributed by atoms with van der Waals surface area (Å²) in [7, 11) is 0.